The maximum absolute atomic E-state index is 2.73. The minimum absolute atomic E-state index is 0.754. The molecule has 16 heavy (non-hydrogen) atoms. The van der Waals surface area contributed by atoms with Crippen molar-refractivity contribution in [1.29, 1.82) is 0 Å². The molecule has 2 rings (SSSR count). The normalized spacial score (nSPS) is 34.7. The Morgan fingerprint density at radius 3 is 2.88 bits per heavy atom. The van der Waals surface area contributed by atoms with Crippen molar-refractivity contribution in [3.05, 3.63) is 0 Å². The second-order valence-corrected chi connectivity index (χ2v) is 6.77. The van der Waals surface area contributed by atoms with E-state index in [2.05, 4.69) is 29.9 Å². The van der Waals surface area contributed by atoms with Crippen LogP contribution < -0.4 is 0 Å². The van der Waals surface area contributed by atoms with E-state index in [0.717, 1.165) is 17.3 Å². The smallest absolute Gasteiger partial charge is 0.0223 e. The zero-order chi connectivity index (χ0) is 11.5. The van der Waals surface area contributed by atoms with Crippen LogP contribution in [-0.4, -0.2) is 59.6 Å². The molecule has 0 bridgehead atoms. The maximum Gasteiger partial charge on any atom is 0.0223 e. The van der Waals surface area contributed by atoms with E-state index < -0.39 is 0 Å². The second-order valence-electron chi connectivity index (χ2n) is 5.49. The van der Waals surface area contributed by atoms with Crippen molar-refractivity contribution < 1.29 is 0 Å². The topological polar surface area (TPSA) is 6.48 Å². The first-order valence-corrected chi connectivity index (χ1v) is 8.00. The third kappa shape index (κ3) is 2.93. The Labute approximate surface area is 105 Å². The molecule has 0 aromatic rings. The average molecular weight is 242 g/mol. The van der Waals surface area contributed by atoms with Crippen molar-refractivity contribution in [2.45, 2.75) is 50.4 Å². The molecule has 2 heterocycles. The molecule has 0 spiro atoms. The predicted octanol–water partition coefficient (Wildman–Crippen LogP) is 2.30. The van der Waals surface area contributed by atoms with E-state index in [1.54, 1.807) is 0 Å². The summed E-state index contributed by atoms with van der Waals surface area (Å²) in [7, 11) is 0. The van der Waals surface area contributed by atoms with E-state index in [4.69, 9.17) is 0 Å². The zero-order valence-electron chi connectivity index (χ0n) is 11.0. The first-order valence-electron chi connectivity index (χ1n) is 6.71. The summed E-state index contributed by atoms with van der Waals surface area (Å²) in [5, 5.41) is 0.776. The number of nitrogens with zero attached hydrogens (tertiary/aromatic N) is 2. The van der Waals surface area contributed by atoms with Gasteiger partial charge in [-0.2, -0.15) is 11.8 Å². The molecule has 2 saturated heterocycles. The van der Waals surface area contributed by atoms with E-state index in [1.807, 2.05) is 11.8 Å². The van der Waals surface area contributed by atoms with Crippen LogP contribution >= 0.6 is 11.8 Å². The van der Waals surface area contributed by atoms with Gasteiger partial charge in [-0.1, -0.05) is 13.3 Å². The summed E-state index contributed by atoms with van der Waals surface area (Å²) >= 11 is 1.99. The molecule has 0 N–H and O–H groups in total. The number of hydrogen-bond donors (Lipinski definition) is 0. The highest BCUT2D eigenvalue weighted by molar-refractivity contribution is 7.99. The molecular formula is C13H26N2S. The molecule has 94 valence electrons. The van der Waals surface area contributed by atoms with Gasteiger partial charge in [0.2, 0.25) is 0 Å². The maximum atomic E-state index is 2.73. The number of piperazine rings is 1. The summed E-state index contributed by atoms with van der Waals surface area (Å²) in [6.45, 7) is 9.98. The summed E-state index contributed by atoms with van der Waals surface area (Å²) in [6, 6.07) is 1.61. The van der Waals surface area contributed by atoms with Crippen LogP contribution in [0.15, 0.2) is 0 Å². The van der Waals surface area contributed by atoms with Crippen LogP contribution in [-0.2, 0) is 0 Å². The first kappa shape index (κ1) is 12.7. The first-order chi connectivity index (χ1) is 7.70. The van der Waals surface area contributed by atoms with Gasteiger partial charge in [-0.3, -0.25) is 9.80 Å². The molecule has 2 aliphatic heterocycles. The number of thioether (sulfide) groups is 1. The van der Waals surface area contributed by atoms with Crippen LogP contribution in [0.2, 0.25) is 0 Å². The van der Waals surface area contributed by atoms with Crippen molar-refractivity contribution in [3.63, 3.8) is 0 Å². The Balaban J connectivity index is 1.90. The van der Waals surface area contributed by atoms with Crippen LogP contribution in [0.3, 0.4) is 0 Å². The van der Waals surface area contributed by atoms with Gasteiger partial charge in [0.1, 0.15) is 0 Å². The molecule has 0 radical (unpaired) electrons. The molecule has 0 aliphatic carbocycles. The summed E-state index contributed by atoms with van der Waals surface area (Å²) in [5.74, 6) is 0. The molecule has 3 atom stereocenters. The Morgan fingerprint density at radius 2 is 2.12 bits per heavy atom. The van der Waals surface area contributed by atoms with Crippen LogP contribution in [0.25, 0.3) is 0 Å². The van der Waals surface area contributed by atoms with Crippen LogP contribution in [0.1, 0.15) is 33.1 Å². The van der Waals surface area contributed by atoms with Crippen molar-refractivity contribution in [2.24, 2.45) is 0 Å². The summed E-state index contributed by atoms with van der Waals surface area (Å²) in [5.41, 5.74) is 0. The van der Waals surface area contributed by atoms with Gasteiger partial charge in [0.25, 0.3) is 0 Å². The fraction of sp³-hybridized carbons (Fsp3) is 1.00. The van der Waals surface area contributed by atoms with Gasteiger partial charge < -0.3 is 0 Å². The van der Waals surface area contributed by atoms with Crippen molar-refractivity contribution in [3.8, 4) is 0 Å². The van der Waals surface area contributed by atoms with Gasteiger partial charge in [0, 0.05) is 37.0 Å². The van der Waals surface area contributed by atoms with E-state index in [0.29, 0.717) is 0 Å². The predicted molar refractivity (Wildman–Crippen MR) is 73.2 cm³/mol. The fourth-order valence-electron chi connectivity index (χ4n) is 3.07. The molecule has 2 fully saturated rings. The SMILES string of the molecule is CSC(C)CN1CC2CCCCN2CC1C. The lowest BCUT2D eigenvalue weighted by atomic mass is 9.97. The lowest BCUT2D eigenvalue weighted by molar-refractivity contribution is 0.0162. The Kier molecular flexibility index (Phi) is 4.57. The number of piperidine rings is 1. The summed E-state index contributed by atoms with van der Waals surface area (Å²) < 4.78 is 0. The largest absolute Gasteiger partial charge is 0.298 e. The molecule has 0 saturated carbocycles. The Morgan fingerprint density at radius 1 is 1.31 bits per heavy atom. The molecule has 0 amide bonds. The second kappa shape index (κ2) is 5.74. The Bertz CT molecular complexity index is 222. The minimum Gasteiger partial charge on any atom is -0.298 e. The van der Waals surface area contributed by atoms with Gasteiger partial charge in [0.05, 0.1) is 0 Å². The van der Waals surface area contributed by atoms with Gasteiger partial charge in [-0.25, -0.2) is 0 Å². The minimum atomic E-state index is 0.754. The van der Waals surface area contributed by atoms with Crippen LogP contribution in [0.4, 0.5) is 0 Å². The fourth-order valence-corrected chi connectivity index (χ4v) is 3.41. The third-order valence-electron chi connectivity index (χ3n) is 4.21. The molecule has 0 aromatic carbocycles. The number of fused-ring (bicyclic) bond motifs is 1. The lowest BCUT2D eigenvalue weighted by Crippen LogP contribution is -2.59. The standard InChI is InChI=1S/C13H26N2S/c1-11-8-14-7-5-4-6-13(14)10-15(11)9-12(2)16-3/h11-13H,4-10H2,1-3H3. The molecule has 3 heteroatoms. The van der Waals surface area contributed by atoms with Crippen molar-refractivity contribution in [1.82, 2.24) is 9.80 Å². The van der Waals surface area contributed by atoms with Gasteiger partial charge in [-0.15, -0.1) is 0 Å². The summed E-state index contributed by atoms with van der Waals surface area (Å²) in [6.07, 6.45) is 6.52. The lowest BCUT2D eigenvalue weighted by Gasteiger charge is -2.48. The van der Waals surface area contributed by atoms with Gasteiger partial charge in [0.15, 0.2) is 0 Å². The van der Waals surface area contributed by atoms with E-state index in [9.17, 15) is 0 Å². The zero-order valence-corrected chi connectivity index (χ0v) is 11.8. The van der Waals surface area contributed by atoms with E-state index in [-0.39, 0.29) is 0 Å². The van der Waals surface area contributed by atoms with Crippen molar-refractivity contribution in [2.75, 3.05) is 32.4 Å². The van der Waals surface area contributed by atoms with E-state index in [1.165, 1.54) is 45.4 Å². The highest BCUT2D eigenvalue weighted by Crippen LogP contribution is 2.24. The monoisotopic (exact) mass is 242 g/mol. The molecular weight excluding hydrogens is 216 g/mol. The van der Waals surface area contributed by atoms with Gasteiger partial charge in [-0.05, 0) is 32.6 Å². The molecule has 2 aliphatic rings. The number of rotatable bonds is 3. The molecule has 0 aromatic heterocycles. The quantitative estimate of drug-likeness (QED) is 0.750. The van der Waals surface area contributed by atoms with Gasteiger partial charge >= 0.3 is 0 Å². The molecule has 2 nitrogen and oxygen atoms in total. The van der Waals surface area contributed by atoms with Crippen LogP contribution in [0, 0.1) is 0 Å². The highest BCUT2D eigenvalue weighted by atomic mass is 32.2. The molecule has 3 unspecified atom stereocenters. The highest BCUT2D eigenvalue weighted by Gasteiger charge is 2.32. The number of hydrogen-bond acceptors (Lipinski definition) is 3. The Hall–Kier alpha value is 0.270. The summed E-state index contributed by atoms with van der Waals surface area (Å²) in [4.78, 5) is 5.45. The van der Waals surface area contributed by atoms with Crippen LogP contribution in [0.5, 0.6) is 0 Å². The van der Waals surface area contributed by atoms with E-state index >= 15 is 0 Å². The average Bonchev–Trinajstić information content (AvgIpc) is 2.30. The van der Waals surface area contributed by atoms with Crippen molar-refractivity contribution >= 4 is 11.8 Å². The third-order valence-corrected chi connectivity index (χ3v) is 5.16.